The number of anilines is 1. The van der Waals surface area contributed by atoms with Crippen molar-refractivity contribution in [3.05, 3.63) is 28.8 Å². The monoisotopic (exact) mass is 255 g/mol. The Bertz CT molecular complexity index is 488. The number of halogens is 1. The Morgan fingerprint density at radius 1 is 1.47 bits per heavy atom. The molecule has 1 saturated heterocycles. The number of β-amino-alcohol motifs (C(OH)–C–C–N with tert-alkyl or cyclic N) is 1. The van der Waals surface area contributed by atoms with Gasteiger partial charge in [0.1, 0.15) is 0 Å². The van der Waals surface area contributed by atoms with E-state index in [2.05, 4.69) is 0 Å². The number of carboxylic acids is 1. The summed E-state index contributed by atoms with van der Waals surface area (Å²) in [4.78, 5) is 23.8. The molecule has 1 fully saturated rings. The van der Waals surface area contributed by atoms with Gasteiger partial charge in [0.25, 0.3) is 0 Å². The number of carboxylic acid groups (broad SMARTS) is 1. The van der Waals surface area contributed by atoms with Crippen molar-refractivity contribution in [1.29, 1.82) is 0 Å². The van der Waals surface area contributed by atoms with Crippen LogP contribution in [0.3, 0.4) is 0 Å². The van der Waals surface area contributed by atoms with Crippen molar-refractivity contribution in [1.82, 2.24) is 0 Å². The molecule has 90 valence electrons. The summed E-state index contributed by atoms with van der Waals surface area (Å²) in [7, 11) is 0. The minimum Gasteiger partial charge on any atom is -0.478 e. The van der Waals surface area contributed by atoms with E-state index >= 15 is 0 Å². The zero-order valence-corrected chi connectivity index (χ0v) is 9.52. The van der Waals surface area contributed by atoms with E-state index in [1.807, 2.05) is 0 Å². The summed E-state index contributed by atoms with van der Waals surface area (Å²) in [5, 5.41) is 18.4. The summed E-state index contributed by atoms with van der Waals surface area (Å²) in [6.07, 6.45) is -0.642. The first-order valence-corrected chi connectivity index (χ1v) is 5.38. The van der Waals surface area contributed by atoms with Gasteiger partial charge in [0.2, 0.25) is 5.91 Å². The van der Waals surface area contributed by atoms with Crippen molar-refractivity contribution in [3.8, 4) is 0 Å². The highest BCUT2D eigenvalue weighted by atomic mass is 35.5. The van der Waals surface area contributed by atoms with Crippen molar-refractivity contribution < 1.29 is 19.8 Å². The molecule has 2 N–H and O–H groups in total. The molecule has 5 nitrogen and oxygen atoms in total. The minimum atomic E-state index is -1.15. The topological polar surface area (TPSA) is 77.8 Å². The first kappa shape index (κ1) is 11.9. The van der Waals surface area contributed by atoms with Gasteiger partial charge in [0, 0.05) is 5.69 Å². The van der Waals surface area contributed by atoms with Gasteiger partial charge in [-0.05, 0) is 18.2 Å². The first-order chi connectivity index (χ1) is 7.99. The molecule has 0 bridgehead atoms. The van der Waals surface area contributed by atoms with Gasteiger partial charge in [0.15, 0.2) is 0 Å². The molecule has 1 atom stereocenters. The largest absolute Gasteiger partial charge is 0.478 e. The maximum atomic E-state index is 11.5. The van der Waals surface area contributed by atoms with E-state index in [-0.39, 0.29) is 29.5 Å². The van der Waals surface area contributed by atoms with Crippen LogP contribution in [0.5, 0.6) is 0 Å². The van der Waals surface area contributed by atoms with E-state index in [1.54, 1.807) is 6.07 Å². The molecular weight excluding hydrogens is 246 g/mol. The molecular formula is C11H10ClNO4. The SMILES string of the molecule is O=C(O)c1cc(N2CC(O)CC2=O)ccc1Cl. The highest BCUT2D eigenvalue weighted by Gasteiger charge is 2.29. The molecule has 1 aromatic rings. The second-order valence-electron chi connectivity index (χ2n) is 3.83. The molecule has 0 aromatic heterocycles. The number of aromatic carboxylic acids is 1. The van der Waals surface area contributed by atoms with E-state index in [4.69, 9.17) is 16.7 Å². The molecule has 1 aliphatic rings. The van der Waals surface area contributed by atoms with Crippen LogP contribution >= 0.6 is 11.6 Å². The van der Waals surface area contributed by atoms with Gasteiger partial charge in [-0.2, -0.15) is 0 Å². The quantitative estimate of drug-likeness (QED) is 0.831. The Labute approximate surface area is 102 Å². The molecule has 0 radical (unpaired) electrons. The molecule has 1 amide bonds. The highest BCUT2D eigenvalue weighted by molar-refractivity contribution is 6.33. The van der Waals surface area contributed by atoms with Crippen LogP contribution in [-0.4, -0.2) is 34.7 Å². The van der Waals surface area contributed by atoms with E-state index in [1.165, 1.54) is 17.0 Å². The molecule has 1 heterocycles. The molecule has 1 unspecified atom stereocenters. The summed E-state index contributed by atoms with van der Waals surface area (Å²) in [6, 6.07) is 4.32. The zero-order chi connectivity index (χ0) is 12.6. The third-order valence-corrected chi connectivity index (χ3v) is 2.93. The lowest BCUT2D eigenvalue weighted by molar-refractivity contribution is -0.117. The van der Waals surface area contributed by atoms with E-state index in [0.717, 1.165) is 0 Å². The molecule has 0 spiro atoms. The second kappa shape index (κ2) is 4.35. The third-order valence-electron chi connectivity index (χ3n) is 2.60. The smallest absolute Gasteiger partial charge is 0.337 e. The van der Waals surface area contributed by atoms with Gasteiger partial charge in [0.05, 0.1) is 29.7 Å². The Morgan fingerprint density at radius 2 is 2.18 bits per heavy atom. The summed E-state index contributed by atoms with van der Waals surface area (Å²) >= 11 is 5.73. The average molecular weight is 256 g/mol. The number of rotatable bonds is 2. The summed E-state index contributed by atoms with van der Waals surface area (Å²) in [5.41, 5.74) is 0.381. The van der Waals surface area contributed by atoms with Crippen LogP contribution in [0.15, 0.2) is 18.2 Å². The van der Waals surface area contributed by atoms with Crippen LogP contribution < -0.4 is 4.90 Å². The lowest BCUT2D eigenvalue weighted by atomic mass is 10.2. The van der Waals surface area contributed by atoms with Crippen LogP contribution in [0.2, 0.25) is 5.02 Å². The lowest BCUT2D eigenvalue weighted by Gasteiger charge is -2.16. The van der Waals surface area contributed by atoms with Crippen molar-refractivity contribution in [2.75, 3.05) is 11.4 Å². The van der Waals surface area contributed by atoms with Crippen molar-refractivity contribution >= 4 is 29.2 Å². The number of carbonyl (C=O) groups is 2. The van der Waals surface area contributed by atoms with Gasteiger partial charge >= 0.3 is 5.97 Å². The van der Waals surface area contributed by atoms with Crippen molar-refractivity contribution in [2.45, 2.75) is 12.5 Å². The molecule has 1 aromatic carbocycles. The Morgan fingerprint density at radius 3 is 2.71 bits per heavy atom. The fourth-order valence-corrected chi connectivity index (χ4v) is 1.98. The van der Waals surface area contributed by atoms with E-state index in [9.17, 15) is 14.7 Å². The Kier molecular flexibility index (Phi) is 3.04. The van der Waals surface area contributed by atoms with Gasteiger partial charge in [-0.1, -0.05) is 11.6 Å². The molecule has 0 saturated carbocycles. The van der Waals surface area contributed by atoms with Crippen molar-refractivity contribution in [2.24, 2.45) is 0 Å². The zero-order valence-electron chi connectivity index (χ0n) is 8.76. The van der Waals surface area contributed by atoms with Crippen LogP contribution in [0.1, 0.15) is 16.8 Å². The van der Waals surface area contributed by atoms with Crippen LogP contribution in [0, 0.1) is 0 Å². The summed E-state index contributed by atoms with van der Waals surface area (Å²) in [5.74, 6) is -1.37. The summed E-state index contributed by atoms with van der Waals surface area (Å²) < 4.78 is 0. The molecule has 6 heteroatoms. The first-order valence-electron chi connectivity index (χ1n) is 5.00. The number of hydrogen-bond acceptors (Lipinski definition) is 3. The number of aliphatic hydroxyl groups is 1. The molecule has 1 aliphatic heterocycles. The highest BCUT2D eigenvalue weighted by Crippen LogP contribution is 2.26. The fraction of sp³-hybridized carbons (Fsp3) is 0.273. The van der Waals surface area contributed by atoms with Crippen LogP contribution in [0.25, 0.3) is 0 Å². The van der Waals surface area contributed by atoms with Crippen LogP contribution in [0.4, 0.5) is 5.69 Å². The number of hydrogen-bond donors (Lipinski definition) is 2. The minimum absolute atomic E-state index is 0.0571. The number of benzene rings is 1. The summed E-state index contributed by atoms with van der Waals surface area (Å²) in [6.45, 7) is 0.180. The Balaban J connectivity index is 2.37. The van der Waals surface area contributed by atoms with Gasteiger partial charge in [-0.25, -0.2) is 4.79 Å². The van der Waals surface area contributed by atoms with Gasteiger partial charge in [-0.15, -0.1) is 0 Å². The van der Waals surface area contributed by atoms with E-state index < -0.39 is 12.1 Å². The van der Waals surface area contributed by atoms with E-state index in [0.29, 0.717) is 5.69 Å². The molecule has 17 heavy (non-hydrogen) atoms. The second-order valence-corrected chi connectivity index (χ2v) is 4.24. The number of amides is 1. The van der Waals surface area contributed by atoms with Crippen molar-refractivity contribution in [3.63, 3.8) is 0 Å². The molecule has 2 rings (SSSR count). The lowest BCUT2D eigenvalue weighted by Crippen LogP contribution is -2.25. The number of nitrogens with zero attached hydrogens (tertiary/aromatic N) is 1. The van der Waals surface area contributed by atoms with Gasteiger partial charge in [-0.3, -0.25) is 4.79 Å². The average Bonchev–Trinajstić information content (AvgIpc) is 2.58. The fourth-order valence-electron chi connectivity index (χ4n) is 1.78. The van der Waals surface area contributed by atoms with Crippen LogP contribution in [-0.2, 0) is 4.79 Å². The number of aliphatic hydroxyl groups excluding tert-OH is 1. The third kappa shape index (κ3) is 2.25. The predicted octanol–water partition coefficient (Wildman–Crippen LogP) is 1.14. The maximum Gasteiger partial charge on any atom is 0.337 e. The predicted molar refractivity (Wildman–Crippen MR) is 61.4 cm³/mol. The Hall–Kier alpha value is -1.59. The van der Waals surface area contributed by atoms with Gasteiger partial charge < -0.3 is 15.1 Å². The molecule has 0 aliphatic carbocycles. The number of carbonyl (C=O) groups excluding carboxylic acids is 1. The standard InChI is InChI=1S/C11H10ClNO4/c12-9-2-1-6(3-8(9)11(16)17)13-5-7(14)4-10(13)15/h1-3,7,14H,4-5H2,(H,16,17). The maximum absolute atomic E-state index is 11.5. The normalized spacial score (nSPS) is 19.8.